The number of hydrogen-bond donors (Lipinski definition) is 1. The van der Waals surface area contributed by atoms with E-state index in [0.717, 1.165) is 42.3 Å². The molecule has 0 unspecified atom stereocenters. The molecule has 1 aliphatic carbocycles. The quantitative estimate of drug-likeness (QED) is 0.487. The molecule has 2 aromatic carbocycles. The summed E-state index contributed by atoms with van der Waals surface area (Å²) in [6.45, 7) is 1.42. The summed E-state index contributed by atoms with van der Waals surface area (Å²) in [5.41, 5.74) is 0.263. The zero-order valence-corrected chi connectivity index (χ0v) is 18.2. The molecule has 0 heterocycles. The molecule has 0 spiro atoms. The minimum Gasteiger partial charge on any atom is -0.490 e. The first-order chi connectivity index (χ1) is 14.6. The van der Waals surface area contributed by atoms with Gasteiger partial charge in [-0.05, 0) is 62.9 Å². The highest BCUT2D eigenvalue weighted by atomic mass is 32.2. The van der Waals surface area contributed by atoms with Crippen molar-refractivity contribution >= 4 is 33.0 Å². The Morgan fingerprint density at radius 3 is 2.42 bits per heavy atom. The van der Waals surface area contributed by atoms with Crippen molar-refractivity contribution in [2.75, 3.05) is 15.9 Å². The summed E-state index contributed by atoms with van der Waals surface area (Å²) in [5.74, 6) is 0.147. The van der Waals surface area contributed by atoms with Crippen molar-refractivity contribution in [3.8, 4) is 5.75 Å². The number of benzene rings is 2. The summed E-state index contributed by atoms with van der Waals surface area (Å²) in [6.07, 6.45) is 5.57. The van der Waals surface area contributed by atoms with Crippen molar-refractivity contribution in [3.63, 3.8) is 0 Å². The first-order valence-corrected chi connectivity index (χ1v) is 11.8. The summed E-state index contributed by atoms with van der Waals surface area (Å²) in [4.78, 5) is 23.2. The third-order valence-corrected chi connectivity index (χ3v) is 6.35. The maximum atomic E-state index is 12.8. The van der Waals surface area contributed by atoms with Crippen LogP contribution < -0.4 is 14.4 Å². The zero-order chi connectivity index (χ0) is 22.6. The van der Waals surface area contributed by atoms with E-state index in [1.54, 1.807) is 24.3 Å². The van der Waals surface area contributed by atoms with Gasteiger partial charge in [0.2, 0.25) is 15.9 Å². The molecule has 1 aliphatic rings. The van der Waals surface area contributed by atoms with Gasteiger partial charge < -0.3 is 10.1 Å². The van der Waals surface area contributed by atoms with Crippen molar-refractivity contribution in [1.29, 1.82) is 0 Å². The fraction of sp³-hybridized carbons (Fsp3) is 0.381. The van der Waals surface area contributed by atoms with Crippen molar-refractivity contribution in [2.24, 2.45) is 0 Å². The number of carbonyl (C=O) groups is 1. The lowest BCUT2D eigenvalue weighted by atomic mass is 10.2. The van der Waals surface area contributed by atoms with Crippen LogP contribution in [0.1, 0.15) is 32.6 Å². The lowest BCUT2D eigenvalue weighted by molar-refractivity contribution is -0.384. The van der Waals surface area contributed by atoms with Gasteiger partial charge in [-0.2, -0.15) is 0 Å². The first-order valence-electron chi connectivity index (χ1n) is 9.96. The van der Waals surface area contributed by atoms with Crippen LogP contribution in [0.4, 0.5) is 17.1 Å². The van der Waals surface area contributed by atoms with Crippen molar-refractivity contribution in [1.82, 2.24) is 0 Å². The maximum Gasteiger partial charge on any atom is 0.271 e. The van der Waals surface area contributed by atoms with Gasteiger partial charge in [-0.1, -0.05) is 6.07 Å². The molecular formula is C21H25N3O6S. The summed E-state index contributed by atoms with van der Waals surface area (Å²) >= 11 is 0. The predicted molar refractivity (Wildman–Crippen MR) is 118 cm³/mol. The number of amides is 1. The fourth-order valence-electron chi connectivity index (χ4n) is 3.61. The Balaban J connectivity index is 1.74. The Kier molecular flexibility index (Phi) is 6.79. The second-order valence-electron chi connectivity index (χ2n) is 7.55. The van der Waals surface area contributed by atoms with Crippen LogP contribution >= 0.6 is 0 Å². The molecule has 1 amide bonds. The Morgan fingerprint density at radius 2 is 1.84 bits per heavy atom. The molecule has 1 N–H and O–H groups in total. The lowest BCUT2D eigenvalue weighted by Crippen LogP contribution is -2.45. The van der Waals surface area contributed by atoms with E-state index in [9.17, 15) is 23.3 Å². The van der Waals surface area contributed by atoms with E-state index in [-0.39, 0.29) is 17.5 Å². The summed E-state index contributed by atoms with van der Waals surface area (Å²) in [5, 5.41) is 13.7. The number of rotatable bonds is 8. The minimum atomic E-state index is -3.89. The van der Waals surface area contributed by atoms with E-state index in [2.05, 4.69) is 5.32 Å². The van der Waals surface area contributed by atoms with Crippen molar-refractivity contribution in [2.45, 2.75) is 44.8 Å². The Hall–Kier alpha value is -3.14. The highest BCUT2D eigenvalue weighted by Gasteiger charge is 2.30. The van der Waals surface area contributed by atoms with Crippen LogP contribution in [-0.2, 0) is 14.8 Å². The molecule has 1 atom stereocenters. The van der Waals surface area contributed by atoms with Crippen LogP contribution in [0, 0.1) is 10.1 Å². The average molecular weight is 448 g/mol. The summed E-state index contributed by atoms with van der Waals surface area (Å²) < 4.78 is 31.5. The molecule has 166 valence electrons. The summed E-state index contributed by atoms with van der Waals surface area (Å²) in [7, 11) is -3.89. The van der Waals surface area contributed by atoms with Crippen LogP contribution in [-0.4, -0.2) is 37.6 Å². The monoisotopic (exact) mass is 447 g/mol. The van der Waals surface area contributed by atoms with E-state index < -0.39 is 26.9 Å². The molecule has 3 rings (SSSR count). The molecular weight excluding hydrogens is 422 g/mol. The number of sulfonamides is 1. The van der Waals surface area contributed by atoms with Gasteiger partial charge in [0.05, 0.1) is 23.0 Å². The van der Waals surface area contributed by atoms with Crippen molar-refractivity contribution in [3.05, 3.63) is 58.6 Å². The number of non-ortho nitro benzene ring substituents is 1. The van der Waals surface area contributed by atoms with E-state index in [1.165, 1.54) is 25.1 Å². The average Bonchev–Trinajstić information content (AvgIpc) is 3.21. The molecule has 0 radical (unpaired) electrons. The maximum absolute atomic E-state index is 12.8. The van der Waals surface area contributed by atoms with Gasteiger partial charge in [0.1, 0.15) is 11.8 Å². The highest BCUT2D eigenvalue weighted by molar-refractivity contribution is 7.92. The van der Waals surface area contributed by atoms with Gasteiger partial charge in [0.15, 0.2) is 0 Å². The molecule has 9 nitrogen and oxygen atoms in total. The van der Waals surface area contributed by atoms with Gasteiger partial charge >= 0.3 is 0 Å². The Bertz CT molecular complexity index is 1050. The molecule has 2 aromatic rings. The lowest BCUT2D eigenvalue weighted by Gasteiger charge is -2.28. The number of nitro groups is 1. The number of nitrogens with one attached hydrogen (secondary N) is 1. The fourth-order valence-corrected chi connectivity index (χ4v) is 4.78. The molecule has 0 saturated heterocycles. The number of anilines is 2. The van der Waals surface area contributed by atoms with Gasteiger partial charge in [-0.25, -0.2) is 8.42 Å². The molecule has 1 saturated carbocycles. The van der Waals surface area contributed by atoms with E-state index in [4.69, 9.17) is 4.74 Å². The standard InChI is InChI=1S/C21H25N3O6S/c1-15(23(31(2,28)29)17-6-5-7-18(14-17)24(26)27)21(25)22-16-10-12-20(13-11-16)30-19-8-3-4-9-19/h5-7,10-15,19H,3-4,8-9H2,1-2H3,(H,22,25)/t15-/m0/s1. The molecule has 0 bridgehead atoms. The Labute approximate surface area is 181 Å². The molecule has 0 aliphatic heterocycles. The zero-order valence-electron chi connectivity index (χ0n) is 17.4. The van der Waals surface area contributed by atoms with Gasteiger partial charge in [-0.15, -0.1) is 0 Å². The number of ether oxygens (including phenoxy) is 1. The van der Waals surface area contributed by atoms with E-state index in [1.807, 2.05) is 0 Å². The third kappa shape index (κ3) is 5.72. The topological polar surface area (TPSA) is 119 Å². The second-order valence-corrected chi connectivity index (χ2v) is 9.41. The molecule has 0 aromatic heterocycles. The van der Waals surface area contributed by atoms with Gasteiger partial charge in [0, 0.05) is 17.8 Å². The molecule has 10 heteroatoms. The van der Waals surface area contributed by atoms with Crippen LogP contribution in [0.3, 0.4) is 0 Å². The van der Waals surface area contributed by atoms with Gasteiger partial charge in [0.25, 0.3) is 5.69 Å². The molecule has 31 heavy (non-hydrogen) atoms. The highest BCUT2D eigenvalue weighted by Crippen LogP contribution is 2.27. The Morgan fingerprint density at radius 1 is 1.19 bits per heavy atom. The van der Waals surface area contributed by atoms with E-state index >= 15 is 0 Å². The largest absolute Gasteiger partial charge is 0.490 e. The summed E-state index contributed by atoms with van der Waals surface area (Å²) in [6, 6.07) is 10.9. The smallest absolute Gasteiger partial charge is 0.271 e. The van der Waals surface area contributed by atoms with Crippen molar-refractivity contribution < 1.29 is 22.9 Å². The van der Waals surface area contributed by atoms with E-state index in [0.29, 0.717) is 11.4 Å². The second kappa shape index (κ2) is 9.34. The van der Waals surface area contributed by atoms with Gasteiger partial charge in [-0.3, -0.25) is 19.2 Å². The third-order valence-electron chi connectivity index (χ3n) is 5.11. The normalized spacial score (nSPS) is 15.3. The van der Waals surface area contributed by atoms with Crippen LogP contribution in [0.25, 0.3) is 0 Å². The van der Waals surface area contributed by atoms with Crippen LogP contribution in [0.5, 0.6) is 5.75 Å². The van der Waals surface area contributed by atoms with Crippen LogP contribution in [0.2, 0.25) is 0 Å². The molecule has 1 fully saturated rings. The number of nitrogens with zero attached hydrogens (tertiary/aromatic N) is 2. The number of carbonyl (C=O) groups excluding carboxylic acids is 1. The SMILES string of the molecule is C[C@@H](C(=O)Nc1ccc(OC2CCCC2)cc1)N(c1cccc([N+](=O)[O-])c1)S(C)(=O)=O. The number of nitro benzene ring substituents is 1. The van der Waals surface area contributed by atoms with Crippen LogP contribution in [0.15, 0.2) is 48.5 Å². The number of hydrogen-bond acceptors (Lipinski definition) is 6. The first kappa shape index (κ1) is 22.5. The predicted octanol–water partition coefficient (Wildman–Crippen LogP) is 3.71. The minimum absolute atomic E-state index is 0.0414.